The number of nitrogens with zero attached hydrogens (tertiary/aromatic N) is 1. The third kappa shape index (κ3) is 8.03. The van der Waals surface area contributed by atoms with E-state index in [0.29, 0.717) is 6.73 Å². The van der Waals surface area contributed by atoms with Gasteiger partial charge < -0.3 is 24.7 Å². The maximum atomic E-state index is 12.2. The Morgan fingerprint density at radius 1 is 1.09 bits per heavy atom. The molecule has 4 rings (SSSR count). The molecule has 3 aliphatic heterocycles. The molecule has 1 atom stereocenters. The summed E-state index contributed by atoms with van der Waals surface area (Å²) in [7, 11) is 0. The molecule has 178 valence electrons. The average molecular weight is 460 g/mol. The van der Waals surface area contributed by atoms with Crippen LogP contribution in [0.3, 0.4) is 0 Å². The highest BCUT2D eigenvalue weighted by Gasteiger charge is 2.40. The highest BCUT2D eigenvalue weighted by molar-refractivity contribution is 5.80. The molecule has 0 aliphatic carbocycles. The lowest BCUT2D eigenvalue weighted by Gasteiger charge is -2.48. The third-order valence-corrected chi connectivity index (χ3v) is 5.65. The molecule has 1 amide bonds. The second-order valence-electron chi connectivity index (χ2n) is 8.05. The van der Waals surface area contributed by atoms with Gasteiger partial charge in [-0.15, -0.1) is 0 Å². The van der Waals surface area contributed by atoms with Crippen molar-refractivity contribution in [1.82, 2.24) is 5.32 Å². The Balaban J connectivity index is 0.000000451. The topological polar surface area (TPSA) is 105 Å². The third-order valence-electron chi connectivity index (χ3n) is 5.65. The smallest absolute Gasteiger partial charge is 0.430 e. The molecule has 0 saturated carbocycles. The van der Waals surface area contributed by atoms with E-state index in [9.17, 15) is 22.8 Å². The molecule has 1 aromatic rings. The number of quaternary nitrogens is 1. The van der Waals surface area contributed by atoms with E-state index in [2.05, 4.69) is 5.32 Å². The van der Waals surface area contributed by atoms with Gasteiger partial charge in [0.25, 0.3) is 0 Å². The van der Waals surface area contributed by atoms with E-state index in [4.69, 9.17) is 19.4 Å². The Morgan fingerprint density at radius 2 is 1.62 bits per heavy atom. The van der Waals surface area contributed by atoms with Crippen molar-refractivity contribution in [2.45, 2.75) is 45.0 Å². The Kier molecular flexibility index (Phi) is 8.88. The molecule has 0 unspecified atom stereocenters. The van der Waals surface area contributed by atoms with Crippen molar-refractivity contribution >= 4 is 18.0 Å². The summed E-state index contributed by atoms with van der Waals surface area (Å²) in [6.45, 7) is 5.50. The van der Waals surface area contributed by atoms with Crippen LogP contribution in [0, 0.1) is 5.92 Å². The van der Waals surface area contributed by atoms with Crippen molar-refractivity contribution < 1.29 is 46.6 Å². The van der Waals surface area contributed by atoms with Crippen molar-refractivity contribution in [3.63, 3.8) is 0 Å². The Morgan fingerprint density at radius 3 is 2.12 bits per heavy atom. The monoisotopic (exact) mass is 460 g/mol. The van der Waals surface area contributed by atoms with Gasteiger partial charge in [0.2, 0.25) is 6.73 Å². The minimum absolute atomic E-state index is 0.176. The van der Waals surface area contributed by atoms with E-state index in [1.54, 1.807) is 6.92 Å². The molecule has 1 N–H and O–H groups in total. The van der Waals surface area contributed by atoms with E-state index in [1.165, 1.54) is 19.3 Å². The normalized spacial score (nSPS) is 22.7. The number of rotatable bonds is 6. The minimum Gasteiger partial charge on any atom is -0.542 e. The number of piperidine rings is 3. The molecule has 8 nitrogen and oxygen atoms in total. The van der Waals surface area contributed by atoms with Crippen LogP contribution in [0.4, 0.5) is 18.0 Å². The lowest BCUT2D eigenvalue weighted by Crippen LogP contribution is -2.59. The van der Waals surface area contributed by atoms with Gasteiger partial charge in [-0.2, -0.15) is 13.2 Å². The van der Waals surface area contributed by atoms with Crippen LogP contribution in [-0.4, -0.2) is 61.1 Å². The summed E-state index contributed by atoms with van der Waals surface area (Å²) in [5.41, 5.74) is 0.900. The van der Waals surface area contributed by atoms with Crippen molar-refractivity contribution in [2.24, 2.45) is 5.92 Å². The first-order chi connectivity index (χ1) is 15.0. The van der Waals surface area contributed by atoms with Gasteiger partial charge in [0, 0.05) is 0 Å². The summed E-state index contributed by atoms with van der Waals surface area (Å²) in [6.07, 6.45) is -2.11. The predicted octanol–water partition coefficient (Wildman–Crippen LogP) is 1.73. The SMILES string of the molecule is C[C@H](NC(=O)OCc1ccccc1)C(=O)OC[N+]12CCC(CC1)CC2.O=C([O-])C(F)(F)F. The van der Waals surface area contributed by atoms with Gasteiger partial charge in [-0.05, 0) is 37.7 Å². The van der Waals surface area contributed by atoms with Gasteiger partial charge in [-0.25, -0.2) is 9.59 Å². The highest BCUT2D eigenvalue weighted by atomic mass is 19.4. The highest BCUT2D eigenvalue weighted by Crippen LogP contribution is 2.33. The van der Waals surface area contributed by atoms with Gasteiger partial charge in [0.1, 0.15) is 18.6 Å². The van der Waals surface area contributed by atoms with Crippen LogP contribution in [0.25, 0.3) is 0 Å². The number of nitrogens with one attached hydrogen (secondary N) is 1. The molecule has 32 heavy (non-hydrogen) atoms. The number of hydrogen-bond acceptors (Lipinski definition) is 6. The molecule has 3 heterocycles. The second-order valence-corrected chi connectivity index (χ2v) is 8.05. The van der Waals surface area contributed by atoms with Gasteiger partial charge in [-0.1, -0.05) is 30.3 Å². The summed E-state index contributed by atoms with van der Waals surface area (Å²) >= 11 is 0. The van der Waals surface area contributed by atoms with Crippen molar-refractivity contribution in [2.75, 3.05) is 26.4 Å². The van der Waals surface area contributed by atoms with E-state index >= 15 is 0 Å². The van der Waals surface area contributed by atoms with Crippen LogP contribution in [0.5, 0.6) is 0 Å². The zero-order chi connectivity index (χ0) is 23.8. The molecule has 1 aromatic carbocycles. The largest absolute Gasteiger partial charge is 0.542 e. The quantitative estimate of drug-likeness (QED) is 0.512. The van der Waals surface area contributed by atoms with Gasteiger partial charge in [-0.3, -0.25) is 4.48 Å². The maximum absolute atomic E-state index is 12.2. The summed E-state index contributed by atoms with van der Waals surface area (Å²) in [6, 6.07) is 8.70. The average Bonchev–Trinajstić information content (AvgIpc) is 2.78. The first kappa shape index (κ1) is 25.4. The molecule has 0 radical (unpaired) electrons. The number of esters is 1. The molecule has 2 bridgehead atoms. The van der Waals surface area contributed by atoms with Crippen molar-refractivity contribution in [1.29, 1.82) is 0 Å². The molecule has 3 saturated heterocycles. The number of ether oxygens (including phenoxy) is 2. The number of fused-ring (bicyclic) bond motifs is 3. The lowest BCUT2D eigenvalue weighted by molar-refractivity contribution is -0.957. The van der Waals surface area contributed by atoms with Crippen LogP contribution in [0.15, 0.2) is 30.3 Å². The number of carboxylic acids is 1. The number of carboxylic acid groups (broad SMARTS) is 1. The molecule has 0 aromatic heterocycles. The van der Waals surface area contributed by atoms with E-state index in [-0.39, 0.29) is 6.61 Å². The number of halogens is 3. The zero-order valence-corrected chi connectivity index (χ0v) is 17.7. The molecule has 0 spiro atoms. The summed E-state index contributed by atoms with van der Waals surface area (Å²) in [5, 5.41) is 11.3. The van der Waals surface area contributed by atoms with Gasteiger partial charge >= 0.3 is 18.2 Å². The van der Waals surface area contributed by atoms with Crippen molar-refractivity contribution in [3.8, 4) is 0 Å². The van der Waals surface area contributed by atoms with Gasteiger partial charge in [0.05, 0.1) is 19.6 Å². The number of alkyl halides is 3. The fourth-order valence-electron chi connectivity index (χ4n) is 3.66. The predicted molar refractivity (Wildman–Crippen MR) is 103 cm³/mol. The van der Waals surface area contributed by atoms with E-state index in [0.717, 1.165) is 35.6 Å². The number of amides is 1. The fourth-order valence-corrected chi connectivity index (χ4v) is 3.66. The van der Waals surface area contributed by atoms with Crippen molar-refractivity contribution in [3.05, 3.63) is 35.9 Å². The second kappa shape index (κ2) is 11.2. The van der Waals surface area contributed by atoms with E-state index in [1.807, 2.05) is 30.3 Å². The Hall–Kier alpha value is -2.82. The summed E-state index contributed by atoms with van der Waals surface area (Å²) in [4.78, 5) is 32.8. The van der Waals surface area contributed by atoms with Crippen LogP contribution in [0.1, 0.15) is 31.7 Å². The van der Waals surface area contributed by atoms with Crippen LogP contribution in [0.2, 0.25) is 0 Å². The molecule has 3 aliphatic rings. The minimum atomic E-state index is -5.19. The molecular weight excluding hydrogens is 433 g/mol. The number of benzene rings is 1. The number of carbonyl (C=O) groups excluding carboxylic acids is 3. The summed E-state index contributed by atoms with van der Waals surface area (Å²) < 4.78 is 43.0. The first-order valence-electron chi connectivity index (χ1n) is 10.3. The maximum Gasteiger partial charge on any atom is 0.430 e. The van der Waals surface area contributed by atoms with Crippen LogP contribution >= 0.6 is 0 Å². The molecular formula is C21H27F3N2O6. The van der Waals surface area contributed by atoms with Gasteiger partial charge in [0.15, 0.2) is 0 Å². The number of alkyl carbamates (subject to hydrolysis) is 1. The number of carbonyl (C=O) groups is 3. The first-order valence-corrected chi connectivity index (χ1v) is 10.3. The lowest BCUT2D eigenvalue weighted by atomic mass is 9.86. The fraction of sp³-hybridized carbons (Fsp3) is 0.571. The van der Waals surface area contributed by atoms with Crippen LogP contribution in [-0.2, 0) is 25.7 Å². The number of hydrogen-bond donors (Lipinski definition) is 1. The summed E-state index contributed by atoms with van der Waals surface area (Å²) in [5.74, 6) is -2.54. The molecule has 11 heteroatoms. The van der Waals surface area contributed by atoms with Crippen LogP contribution < -0.4 is 10.4 Å². The number of aliphatic carboxylic acids is 1. The zero-order valence-electron chi connectivity index (χ0n) is 17.7. The molecule has 3 fully saturated rings. The van der Waals surface area contributed by atoms with E-state index < -0.39 is 30.2 Å². The Labute approximate surface area is 183 Å². The standard InChI is InChI=1S/C19H26N2O4.C2HF3O2/c1-15(20-19(23)24-13-17-5-3-2-4-6-17)18(22)25-14-21-10-7-16(8-11-21)9-12-21;3-2(4,5)1(6)7/h2-6,15-16H,7-14H2,1H3;(H,6,7)/t15-,16?,21?;/m0./s1. The Bertz CT molecular complexity index is 766.